The first-order valence-electron chi connectivity index (χ1n) is 9.83. The van der Waals surface area contributed by atoms with Crippen LogP contribution >= 0.6 is 0 Å². The summed E-state index contributed by atoms with van der Waals surface area (Å²) in [4.78, 5) is 18.6. The predicted molar refractivity (Wildman–Crippen MR) is 111 cm³/mol. The van der Waals surface area contributed by atoms with E-state index in [2.05, 4.69) is 17.1 Å². The van der Waals surface area contributed by atoms with Crippen molar-refractivity contribution in [2.24, 2.45) is 4.99 Å². The minimum absolute atomic E-state index is 0.378. The maximum Gasteiger partial charge on any atom is 0.496 e. The molecule has 1 fully saturated rings. The molecule has 6 nitrogen and oxygen atoms in total. The molecule has 0 spiro atoms. The number of aliphatic imine (C=N–C) groups is 1. The van der Waals surface area contributed by atoms with E-state index in [4.69, 9.17) is 14.0 Å². The summed E-state index contributed by atoms with van der Waals surface area (Å²) in [5.41, 5.74) is 1.59. The molecule has 3 aliphatic heterocycles. The van der Waals surface area contributed by atoms with Crippen molar-refractivity contribution in [3.05, 3.63) is 35.0 Å². The van der Waals surface area contributed by atoms with Gasteiger partial charge < -0.3 is 14.0 Å². The third-order valence-corrected chi connectivity index (χ3v) is 5.44. The van der Waals surface area contributed by atoms with Crippen LogP contribution in [0.5, 0.6) is 0 Å². The Morgan fingerprint density at radius 2 is 1.82 bits per heavy atom. The Bertz CT molecular complexity index is 756. The van der Waals surface area contributed by atoms with Crippen molar-refractivity contribution in [1.29, 1.82) is 0 Å². The van der Waals surface area contributed by atoms with E-state index in [-0.39, 0.29) is 6.09 Å². The number of hydrogen-bond acceptors (Lipinski definition) is 5. The van der Waals surface area contributed by atoms with Crippen LogP contribution in [0.4, 0.5) is 4.79 Å². The Kier molecular flexibility index (Phi) is 5.36. The van der Waals surface area contributed by atoms with Gasteiger partial charge in [-0.25, -0.2) is 4.79 Å². The zero-order chi connectivity index (χ0) is 20.7. The molecule has 0 saturated carbocycles. The Labute approximate surface area is 168 Å². The lowest BCUT2D eigenvalue weighted by Crippen LogP contribution is -2.41. The number of ether oxygens (including phenoxy) is 1. The third-order valence-electron chi connectivity index (χ3n) is 5.44. The number of nitrogens with zero attached hydrogens (tertiary/aromatic N) is 2. The van der Waals surface area contributed by atoms with Gasteiger partial charge in [0, 0.05) is 18.8 Å². The number of allylic oxidation sites excluding steroid dienone is 2. The zero-order valence-electron chi connectivity index (χ0n) is 18.0. The number of dihydropyridines is 1. The van der Waals surface area contributed by atoms with Gasteiger partial charge in [0.05, 0.1) is 24.3 Å². The summed E-state index contributed by atoms with van der Waals surface area (Å²) in [7, 11) is -0.539. The van der Waals surface area contributed by atoms with Gasteiger partial charge in [-0.1, -0.05) is 12.2 Å². The highest BCUT2D eigenvalue weighted by Crippen LogP contribution is 2.40. The normalized spacial score (nSPS) is 23.9. The van der Waals surface area contributed by atoms with E-state index in [1.165, 1.54) is 5.57 Å². The molecule has 3 rings (SSSR count). The van der Waals surface area contributed by atoms with Gasteiger partial charge in [0.1, 0.15) is 5.60 Å². The standard InChI is InChI=1S/C21H31BN2O4/c1-19(2,3)26-18(25)24-13-16(15-8-10-23-11-9-15)12-17(14-24)22-27-20(4,5)21(6,7)28-22/h8,11-12,14H,9-10,13H2,1-7H3. The summed E-state index contributed by atoms with van der Waals surface area (Å²) in [6, 6.07) is 0. The van der Waals surface area contributed by atoms with Crippen molar-refractivity contribution in [2.45, 2.75) is 71.7 Å². The fraction of sp³-hybridized carbons (Fsp3) is 0.619. The highest BCUT2D eigenvalue weighted by atomic mass is 16.7. The van der Waals surface area contributed by atoms with Gasteiger partial charge in [0.25, 0.3) is 0 Å². The summed E-state index contributed by atoms with van der Waals surface area (Å²) in [5, 5.41) is 0. The molecule has 152 valence electrons. The third kappa shape index (κ3) is 4.41. The van der Waals surface area contributed by atoms with Crippen molar-refractivity contribution in [1.82, 2.24) is 4.90 Å². The van der Waals surface area contributed by atoms with E-state index in [1.807, 2.05) is 54.7 Å². The number of rotatable bonds is 2. The lowest BCUT2D eigenvalue weighted by Gasteiger charge is -2.32. The van der Waals surface area contributed by atoms with Gasteiger partial charge in [0.15, 0.2) is 0 Å². The predicted octanol–water partition coefficient (Wildman–Crippen LogP) is 4.08. The second-order valence-corrected chi connectivity index (χ2v) is 9.48. The zero-order valence-corrected chi connectivity index (χ0v) is 18.0. The molecule has 0 radical (unpaired) electrons. The molecule has 0 unspecified atom stereocenters. The quantitative estimate of drug-likeness (QED) is 0.671. The SMILES string of the molecule is CC(C)(C)OC(=O)N1C=C(B2OC(C)(C)C(C)(C)O2)C=C(C2=CCN=CC2)C1. The van der Waals surface area contributed by atoms with E-state index < -0.39 is 23.9 Å². The van der Waals surface area contributed by atoms with Crippen LogP contribution in [0.2, 0.25) is 0 Å². The van der Waals surface area contributed by atoms with E-state index in [9.17, 15) is 4.79 Å². The van der Waals surface area contributed by atoms with E-state index >= 15 is 0 Å². The molecule has 0 N–H and O–H groups in total. The molecule has 0 atom stereocenters. The van der Waals surface area contributed by atoms with Gasteiger partial charge in [-0.3, -0.25) is 9.89 Å². The lowest BCUT2D eigenvalue weighted by atomic mass is 9.75. The molecule has 7 heteroatoms. The molecule has 1 amide bonds. The van der Waals surface area contributed by atoms with Gasteiger partial charge >= 0.3 is 13.2 Å². The highest BCUT2D eigenvalue weighted by molar-refractivity contribution is 6.55. The van der Waals surface area contributed by atoms with Gasteiger partial charge in [0.2, 0.25) is 0 Å². The molecule has 0 bridgehead atoms. The number of hydrogen-bond donors (Lipinski definition) is 0. The van der Waals surface area contributed by atoms with Crippen molar-refractivity contribution in [3.8, 4) is 0 Å². The molecule has 28 heavy (non-hydrogen) atoms. The van der Waals surface area contributed by atoms with E-state index in [0.29, 0.717) is 13.1 Å². The molecule has 0 aliphatic carbocycles. The maximum atomic E-state index is 12.8. The van der Waals surface area contributed by atoms with Crippen LogP contribution in [0.15, 0.2) is 40.0 Å². The molecule has 1 saturated heterocycles. The maximum absolute atomic E-state index is 12.8. The summed E-state index contributed by atoms with van der Waals surface area (Å²) in [5.74, 6) is 0. The van der Waals surface area contributed by atoms with Crippen LogP contribution in [0.1, 0.15) is 54.9 Å². The minimum Gasteiger partial charge on any atom is -0.443 e. The number of amides is 1. The topological polar surface area (TPSA) is 60.4 Å². The van der Waals surface area contributed by atoms with Crippen LogP contribution in [0, 0.1) is 0 Å². The van der Waals surface area contributed by atoms with Gasteiger partial charge in [-0.15, -0.1) is 0 Å². The average molecular weight is 386 g/mol. The Morgan fingerprint density at radius 1 is 1.18 bits per heavy atom. The molecule has 0 aromatic carbocycles. The fourth-order valence-electron chi connectivity index (χ4n) is 3.18. The highest BCUT2D eigenvalue weighted by Gasteiger charge is 2.52. The molecule has 0 aromatic rings. The van der Waals surface area contributed by atoms with Crippen LogP contribution in [0.25, 0.3) is 0 Å². The second-order valence-electron chi connectivity index (χ2n) is 9.48. The van der Waals surface area contributed by atoms with Crippen molar-refractivity contribution >= 4 is 19.4 Å². The monoisotopic (exact) mass is 386 g/mol. The van der Waals surface area contributed by atoms with Crippen molar-refractivity contribution < 1.29 is 18.8 Å². The first kappa shape index (κ1) is 20.9. The Balaban J connectivity index is 1.91. The smallest absolute Gasteiger partial charge is 0.443 e. The van der Waals surface area contributed by atoms with Gasteiger partial charge in [-0.05, 0) is 65.1 Å². The first-order chi connectivity index (χ1) is 12.9. The summed E-state index contributed by atoms with van der Waals surface area (Å²) >= 11 is 0. The first-order valence-corrected chi connectivity index (χ1v) is 9.83. The molecule has 3 aliphatic rings. The average Bonchev–Trinajstić information content (AvgIpc) is 2.81. The Hall–Kier alpha value is -1.86. The fourth-order valence-corrected chi connectivity index (χ4v) is 3.18. The van der Waals surface area contributed by atoms with Crippen LogP contribution in [-0.2, 0) is 14.0 Å². The van der Waals surface area contributed by atoms with E-state index in [0.717, 1.165) is 17.5 Å². The second kappa shape index (κ2) is 7.19. The molecule has 3 heterocycles. The summed E-state index contributed by atoms with van der Waals surface area (Å²) in [6.45, 7) is 14.8. The number of carbonyl (C=O) groups excluding carboxylic acids is 1. The van der Waals surface area contributed by atoms with Crippen LogP contribution in [-0.4, -0.2) is 54.2 Å². The van der Waals surface area contributed by atoms with Crippen molar-refractivity contribution in [3.63, 3.8) is 0 Å². The summed E-state index contributed by atoms with van der Waals surface area (Å²) in [6.07, 6.45) is 8.26. The largest absolute Gasteiger partial charge is 0.496 e. The number of carbonyl (C=O) groups is 1. The lowest BCUT2D eigenvalue weighted by molar-refractivity contribution is 0.00578. The molecular weight excluding hydrogens is 355 g/mol. The molecule has 0 aromatic heterocycles. The van der Waals surface area contributed by atoms with Crippen LogP contribution in [0.3, 0.4) is 0 Å². The van der Waals surface area contributed by atoms with Crippen LogP contribution < -0.4 is 0 Å². The molecular formula is C21H31BN2O4. The van der Waals surface area contributed by atoms with Gasteiger partial charge in [-0.2, -0.15) is 0 Å². The Morgan fingerprint density at radius 3 is 2.36 bits per heavy atom. The summed E-state index contributed by atoms with van der Waals surface area (Å²) < 4.78 is 18.0. The van der Waals surface area contributed by atoms with Crippen molar-refractivity contribution in [2.75, 3.05) is 13.1 Å². The minimum atomic E-state index is -0.562. The van der Waals surface area contributed by atoms with E-state index in [1.54, 1.807) is 11.1 Å².